The van der Waals surface area contributed by atoms with Crippen LogP contribution in [0.3, 0.4) is 0 Å². The van der Waals surface area contributed by atoms with Gasteiger partial charge in [-0.05, 0) is 46.7 Å². The van der Waals surface area contributed by atoms with Crippen LogP contribution in [0, 0.1) is 17.2 Å². The molecule has 0 aromatic heterocycles. The molecule has 104 valence electrons. The van der Waals surface area contributed by atoms with Crippen LogP contribution in [-0.4, -0.2) is 13.3 Å². The summed E-state index contributed by atoms with van der Waals surface area (Å²) < 4.78 is 6.62. The Balaban J connectivity index is 2.08. The number of methoxy groups -OCH3 is 1. The number of ether oxygens (including phenoxy) is 1. The number of benzene rings is 1. The molecule has 3 nitrogen and oxygen atoms in total. The summed E-state index contributed by atoms with van der Waals surface area (Å²) >= 11 is 2.26. The standard InChI is InChI=1S/C17H13IN2O/c1-21-17-14-4-2-3-13(16(14)20-10-15(17)18)12-7-5-11(9-19)6-8-12/h2-3,5-8,10,14H,4H2,1H3/t14-/m0/s1. The molecule has 0 unspecified atom stereocenters. The van der Waals surface area contributed by atoms with Gasteiger partial charge in [-0.25, -0.2) is 0 Å². The average Bonchev–Trinajstić information content (AvgIpc) is 2.54. The van der Waals surface area contributed by atoms with Gasteiger partial charge in [0.05, 0.1) is 33.9 Å². The lowest BCUT2D eigenvalue weighted by Gasteiger charge is -2.27. The van der Waals surface area contributed by atoms with Crippen molar-refractivity contribution in [3.63, 3.8) is 0 Å². The zero-order valence-electron chi connectivity index (χ0n) is 11.5. The molecule has 0 N–H and O–H groups in total. The molecule has 0 bridgehead atoms. The Morgan fingerprint density at radius 3 is 2.76 bits per heavy atom. The maximum absolute atomic E-state index is 8.90. The van der Waals surface area contributed by atoms with Crippen molar-refractivity contribution in [1.29, 1.82) is 5.26 Å². The van der Waals surface area contributed by atoms with E-state index in [2.05, 4.69) is 45.8 Å². The van der Waals surface area contributed by atoms with Crippen LogP contribution in [0.5, 0.6) is 0 Å². The highest BCUT2D eigenvalue weighted by molar-refractivity contribution is 14.1. The molecule has 0 spiro atoms. The predicted molar refractivity (Wildman–Crippen MR) is 91.9 cm³/mol. The van der Waals surface area contributed by atoms with E-state index in [4.69, 9.17) is 10.00 Å². The number of nitriles is 1. The number of hydrogen-bond donors (Lipinski definition) is 0. The van der Waals surface area contributed by atoms with E-state index in [1.54, 1.807) is 7.11 Å². The molecule has 1 aliphatic heterocycles. The van der Waals surface area contributed by atoms with Gasteiger partial charge in [0.1, 0.15) is 5.76 Å². The first-order valence-electron chi connectivity index (χ1n) is 6.63. The molecule has 21 heavy (non-hydrogen) atoms. The number of dihydropyridines is 1. The molecule has 0 fully saturated rings. The second kappa shape index (κ2) is 5.86. The summed E-state index contributed by atoms with van der Waals surface area (Å²) in [6.45, 7) is 0. The molecule has 0 amide bonds. The summed E-state index contributed by atoms with van der Waals surface area (Å²) in [5.41, 5.74) is 3.89. The highest BCUT2D eigenvalue weighted by Crippen LogP contribution is 2.40. The van der Waals surface area contributed by atoms with Gasteiger partial charge in [0.25, 0.3) is 0 Å². The lowest BCUT2D eigenvalue weighted by Crippen LogP contribution is -2.16. The number of allylic oxidation sites excluding steroid dienone is 4. The molecule has 0 saturated carbocycles. The van der Waals surface area contributed by atoms with Crippen LogP contribution in [0.1, 0.15) is 17.5 Å². The molecule has 0 radical (unpaired) electrons. The summed E-state index contributed by atoms with van der Waals surface area (Å²) in [6, 6.07) is 9.76. The minimum absolute atomic E-state index is 0.183. The van der Waals surface area contributed by atoms with Crippen LogP contribution >= 0.6 is 22.6 Å². The molecule has 3 rings (SSSR count). The Hall–Kier alpha value is -1.87. The quantitative estimate of drug-likeness (QED) is 0.713. The van der Waals surface area contributed by atoms with Crippen LogP contribution < -0.4 is 0 Å². The summed E-state index contributed by atoms with van der Waals surface area (Å²) in [5, 5.41) is 8.90. The average molecular weight is 388 g/mol. The van der Waals surface area contributed by atoms with E-state index < -0.39 is 0 Å². The SMILES string of the molecule is COC1=C(I)C=NC2=C(c3ccc(C#N)cc3)C=CC[C@@H]21. The van der Waals surface area contributed by atoms with E-state index in [1.807, 2.05) is 30.5 Å². The monoisotopic (exact) mass is 388 g/mol. The molecule has 1 aromatic rings. The molecule has 1 heterocycles. The molecular formula is C17H13IN2O. The largest absolute Gasteiger partial charge is 0.499 e. The number of rotatable bonds is 2. The normalized spacial score (nSPS) is 20.3. The van der Waals surface area contributed by atoms with Gasteiger partial charge in [-0.3, -0.25) is 4.99 Å². The Morgan fingerprint density at radius 2 is 2.10 bits per heavy atom. The van der Waals surface area contributed by atoms with E-state index in [0.717, 1.165) is 32.6 Å². The first-order chi connectivity index (χ1) is 10.2. The number of fused-ring (bicyclic) bond motifs is 1. The molecule has 0 saturated heterocycles. The minimum atomic E-state index is 0.183. The van der Waals surface area contributed by atoms with Gasteiger partial charge in [0.2, 0.25) is 0 Å². The van der Waals surface area contributed by atoms with E-state index in [9.17, 15) is 0 Å². The van der Waals surface area contributed by atoms with E-state index in [0.29, 0.717) is 5.56 Å². The van der Waals surface area contributed by atoms with Gasteiger partial charge in [0.15, 0.2) is 0 Å². The highest BCUT2D eigenvalue weighted by Gasteiger charge is 2.29. The summed E-state index contributed by atoms with van der Waals surface area (Å²) in [5.74, 6) is 1.17. The predicted octanol–water partition coefficient (Wildman–Crippen LogP) is 4.22. The zero-order valence-corrected chi connectivity index (χ0v) is 13.7. The topological polar surface area (TPSA) is 45.4 Å². The smallest absolute Gasteiger partial charge is 0.120 e. The van der Waals surface area contributed by atoms with Crippen molar-refractivity contribution in [2.75, 3.05) is 7.11 Å². The number of hydrogen-bond acceptors (Lipinski definition) is 3. The van der Waals surface area contributed by atoms with E-state index in [1.165, 1.54) is 0 Å². The Morgan fingerprint density at radius 1 is 1.33 bits per heavy atom. The maximum atomic E-state index is 8.90. The van der Waals surface area contributed by atoms with Gasteiger partial charge in [0, 0.05) is 11.8 Å². The van der Waals surface area contributed by atoms with Crippen molar-refractivity contribution >= 4 is 34.4 Å². The number of halogens is 1. The van der Waals surface area contributed by atoms with Gasteiger partial charge in [-0.1, -0.05) is 24.3 Å². The third kappa shape index (κ3) is 2.54. The zero-order chi connectivity index (χ0) is 14.8. The third-order valence-electron chi connectivity index (χ3n) is 3.68. The molecule has 1 aliphatic carbocycles. The van der Waals surface area contributed by atoms with Crippen LogP contribution in [0.25, 0.3) is 5.57 Å². The van der Waals surface area contributed by atoms with Crippen molar-refractivity contribution in [1.82, 2.24) is 0 Å². The van der Waals surface area contributed by atoms with Gasteiger partial charge < -0.3 is 4.74 Å². The highest BCUT2D eigenvalue weighted by atomic mass is 127. The van der Waals surface area contributed by atoms with Crippen molar-refractivity contribution in [2.24, 2.45) is 10.9 Å². The lowest BCUT2D eigenvalue weighted by molar-refractivity contribution is 0.251. The molecule has 2 aliphatic rings. The van der Waals surface area contributed by atoms with Crippen LogP contribution in [0.15, 0.2) is 56.4 Å². The molecule has 1 atom stereocenters. The van der Waals surface area contributed by atoms with Crippen LogP contribution in [0.4, 0.5) is 0 Å². The van der Waals surface area contributed by atoms with Crippen molar-refractivity contribution < 1.29 is 4.74 Å². The fraction of sp³-hybridized carbons (Fsp3) is 0.176. The Labute approximate surface area is 137 Å². The summed E-state index contributed by atoms with van der Waals surface area (Å²) in [7, 11) is 1.71. The van der Waals surface area contributed by atoms with Gasteiger partial charge in [-0.2, -0.15) is 5.26 Å². The Kier molecular flexibility index (Phi) is 3.93. The van der Waals surface area contributed by atoms with Gasteiger partial charge in [-0.15, -0.1) is 0 Å². The first kappa shape index (κ1) is 14.1. The van der Waals surface area contributed by atoms with Crippen LogP contribution in [0.2, 0.25) is 0 Å². The van der Waals surface area contributed by atoms with Crippen LogP contribution in [-0.2, 0) is 4.74 Å². The van der Waals surface area contributed by atoms with E-state index in [-0.39, 0.29) is 5.92 Å². The lowest BCUT2D eigenvalue weighted by atomic mass is 9.86. The minimum Gasteiger partial charge on any atom is -0.499 e. The molecule has 1 aromatic carbocycles. The fourth-order valence-corrected chi connectivity index (χ4v) is 3.40. The third-order valence-corrected chi connectivity index (χ3v) is 4.49. The Bertz CT molecular complexity index is 733. The first-order valence-corrected chi connectivity index (χ1v) is 7.71. The fourth-order valence-electron chi connectivity index (χ4n) is 2.66. The molecule has 4 heteroatoms. The summed E-state index contributed by atoms with van der Waals surface area (Å²) in [6.07, 6.45) is 7.03. The van der Waals surface area contributed by atoms with Crippen molar-refractivity contribution in [3.05, 3.63) is 62.6 Å². The number of nitrogens with zero attached hydrogens (tertiary/aromatic N) is 2. The van der Waals surface area contributed by atoms with E-state index >= 15 is 0 Å². The number of aliphatic imine (C=N–C) groups is 1. The molecular weight excluding hydrogens is 375 g/mol. The second-order valence-corrected chi connectivity index (χ2v) is 6.02. The van der Waals surface area contributed by atoms with Crippen molar-refractivity contribution in [3.8, 4) is 6.07 Å². The van der Waals surface area contributed by atoms with Gasteiger partial charge >= 0.3 is 0 Å². The second-order valence-electron chi connectivity index (χ2n) is 4.85. The maximum Gasteiger partial charge on any atom is 0.120 e. The van der Waals surface area contributed by atoms with Crippen molar-refractivity contribution in [2.45, 2.75) is 6.42 Å². The summed E-state index contributed by atoms with van der Waals surface area (Å²) in [4.78, 5) is 4.62.